The molecule has 21 heavy (non-hydrogen) atoms. The van der Waals surface area contributed by atoms with Crippen LogP contribution in [0.1, 0.15) is 21.8 Å². The summed E-state index contributed by atoms with van der Waals surface area (Å²) in [6.45, 7) is 3.62. The number of anilines is 1. The molecule has 1 saturated heterocycles. The molecule has 4 nitrogen and oxygen atoms in total. The Morgan fingerprint density at radius 1 is 1.43 bits per heavy atom. The molecule has 1 amide bonds. The van der Waals surface area contributed by atoms with Gasteiger partial charge in [-0.15, -0.1) is 11.3 Å². The third-order valence-corrected chi connectivity index (χ3v) is 4.85. The van der Waals surface area contributed by atoms with Crippen molar-refractivity contribution in [2.24, 2.45) is 0 Å². The predicted octanol–water partition coefficient (Wildman–Crippen LogP) is 3.11. The zero-order valence-electron chi connectivity index (χ0n) is 11.7. The number of aryl methyl sites for hydroxylation is 1. The minimum atomic E-state index is -0.0158. The number of thiazole rings is 1. The molecule has 0 aliphatic carbocycles. The smallest absolute Gasteiger partial charge is 0.263 e. The van der Waals surface area contributed by atoms with Crippen molar-refractivity contribution >= 4 is 34.5 Å². The van der Waals surface area contributed by atoms with Crippen LogP contribution in [-0.2, 0) is 0 Å². The van der Waals surface area contributed by atoms with Crippen molar-refractivity contribution in [3.05, 3.63) is 45.4 Å². The lowest BCUT2D eigenvalue weighted by Crippen LogP contribution is -2.37. The number of nitrogens with zero attached hydrogens (tertiary/aromatic N) is 2. The van der Waals surface area contributed by atoms with Crippen LogP contribution < -0.4 is 10.2 Å². The van der Waals surface area contributed by atoms with E-state index in [9.17, 15) is 4.79 Å². The molecule has 1 fully saturated rings. The topological polar surface area (TPSA) is 45.2 Å². The lowest BCUT2D eigenvalue weighted by molar-refractivity contribution is 0.0943. The van der Waals surface area contributed by atoms with Crippen molar-refractivity contribution in [1.29, 1.82) is 0 Å². The Morgan fingerprint density at radius 2 is 2.19 bits per heavy atom. The molecule has 0 radical (unpaired) electrons. The summed E-state index contributed by atoms with van der Waals surface area (Å²) >= 11 is 7.30. The minimum Gasteiger partial charge on any atom is -0.369 e. The standard InChI is InChI=1S/C15H16ClN3OS/c1-10-14(21-9-17-10)15(20)18-12-6-7-19(8-12)13-4-2-11(16)3-5-13/h2-5,9,12H,6-8H2,1H3,(H,18,20). The number of rotatable bonds is 3. The second kappa shape index (κ2) is 6.03. The molecule has 0 saturated carbocycles. The number of aromatic nitrogens is 1. The van der Waals surface area contributed by atoms with Crippen molar-refractivity contribution in [2.45, 2.75) is 19.4 Å². The zero-order chi connectivity index (χ0) is 14.8. The Hall–Kier alpha value is -1.59. The van der Waals surface area contributed by atoms with Gasteiger partial charge >= 0.3 is 0 Å². The van der Waals surface area contributed by atoms with E-state index in [1.165, 1.54) is 11.3 Å². The number of halogens is 1. The molecule has 1 N–H and O–H groups in total. The summed E-state index contributed by atoms with van der Waals surface area (Å²) in [5.74, 6) is -0.0158. The third-order valence-electron chi connectivity index (χ3n) is 3.67. The maximum Gasteiger partial charge on any atom is 0.263 e. The summed E-state index contributed by atoms with van der Waals surface area (Å²) in [5.41, 5.74) is 3.65. The van der Waals surface area contributed by atoms with Crippen molar-refractivity contribution in [2.75, 3.05) is 18.0 Å². The minimum absolute atomic E-state index is 0.0158. The van der Waals surface area contributed by atoms with E-state index in [1.807, 2.05) is 31.2 Å². The van der Waals surface area contributed by atoms with Gasteiger partial charge in [0.2, 0.25) is 0 Å². The molecular formula is C15H16ClN3OS. The number of hydrogen-bond acceptors (Lipinski definition) is 4. The van der Waals surface area contributed by atoms with E-state index in [0.717, 1.165) is 35.9 Å². The van der Waals surface area contributed by atoms with Crippen LogP contribution in [0.5, 0.6) is 0 Å². The van der Waals surface area contributed by atoms with Crippen LogP contribution in [0.4, 0.5) is 5.69 Å². The summed E-state index contributed by atoms with van der Waals surface area (Å²) in [6.07, 6.45) is 0.951. The van der Waals surface area contributed by atoms with E-state index in [4.69, 9.17) is 11.6 Å². The molecule has 3 rings (SSSR count). The quantitative estimate of drug-likeness (QED) is 0.944. The fourth-order valence-corrected chi connectivity index (χ4v) is 3.37. The molecule has 1 atom stereocenters. The van der Waals surface area contributed by atoms with Crippen LogP contribution in [-0.4, -0.2) is 30.0 Å². The number of amides is 1. The summed E-state index contributed by atoms with van der Waals surface area (Å²) < 4.78 is 0. The first-order valence-corrected chi connectivity index (χ1v) is 8.10. The van der Waals surface area contributed by atoms with Gasteiger partial charge in [0.05, 0.1) is 11.2 Å². The van der Waals surface area contributed by atoms with E-state index in [0.29, 0.717) is 4.88 Å². The fourth-order valence-electron chi connectivity index (χ4n) is 2.54. The molecule has 1 aromatic heterocycles. The molecule has 1 aromatic carbocycles. The Labute approximate surface area is 132 Å². The van der Waals surface area contributed by atoms with Gasteiger partial charge in [-0.2, -0.15) is 0 Å². The highest BCUT2D eigenvalue weighted by Crippen LogP contribution is 2.22. The zero-order valence-corrected chi connectivity index (χ0v) is 13.2. The summed E-state index contributed by atoms with van der Waals surface area (Å²) in [7, 11) is 0. The Morgan fingerprint density at radius 3 is 2.86 bits per heavy atom. The predicted molar refractivity (Wildman–Crippen MR) is 86.4 cm³/mol. The molecule has 110 valence electrons. The Balaban J connectivity index is 1.61. The number of benzene rings is 1. The highest BCUT2D eigenvalue weighted by Gasteiger charge is 2.25. The number of carbonyl (C=O) groups excluding carboxylic acids is 1. The number of hydrogen-bond donors (Lipinski definition) is 1. The molecule has 1 aliphatic heterocycles. The van der Waals surface area contributed by atoms with Gasteiger partial charge in [-0.3, -0.25) is 4.79 Å². The van der Waals surface area contributed by atoms with Gasteiger partial charge in [0.25, 0.3) is 5.91 Å². The molecule has 0 bridgehead atoms. The van der Waals surface area contributed by atoms with E-state index in [1.54, 1.807) is 5.51 Å². The Kier molecular flexibility index (Phi) is 4.12. The Bertz CT molecular complexity index is 641. The van der Waals surface area contributed by atoms with Crippen LogP contribution in [0.2, 0.25) is 5.02 Å². The van der Waals surface area contributed by atoms with Gasteiger partial charge in [0.15, 0.2) is 0 Å². The van der Waals surface area contributed by atoms with Gasteiger partial charge in [0, 0.05) is 29.8 Å². The fraction of sp³-hybridized carbons (Fsp3) is 0.333. The summed E-state index contributed by atoms with van der Waals surface area (Å²) in [6, 6.07) is 7.99. The molecule has 0 spiro atoms. The van der Waals surface area contributed by atoms with Gasteiger partial charge < -0.3 is 10.2 Å². The van der Waals surface area contributed by atoms with Crippen LogP contribution in [0.3, 0.4) is 0 Å². The summed E-state index contributed by atoms with van der Waals surface area (Å²) in [5, 5.41) is 3.84. The second-order valence-corrected chi connectivity index (χ2v) is 6.44. The maximum absolute atomic E-state index is 12.2. The van der Waals surface area contributed by atoms with Crippen LogP contribution in [0, 0.1) is 6.92 Å². The summed E-state index contributed by atoms with van der Waals surface area (Å²) in [4.78, 5) is 19.3. The molecule has 2 heterocycles. The lowest BCUT2D eigenvalue weighted by Gasteiger charge is -2.19. The average Bonchev–Trinajstić information content (AvgIpc) is 3.09. The maximum atomic E-state index is 12.2. The van der Waals surface area contributed by atoms with Gasteiger partial charge in [-0.05, 0) is 37.6 Å². The SMILES string of the molecule is Cc1ncsc1C(=O)NC1CCN(c2ccc(Cl)cc2)C1. The first kappa shape index (κ1) is 14.4. The van der Waals surface area contributed by atoms with E-state index >= 15 is 0 Å². The van der Waals surface area contributed by atoms with E-state index in [-0.39, 0.29) is 11.9 Å². The van der Waals surface area contributed by atoms with Crippen molar-refractivity contribution in [3.63, 3.8) is 0 Å². The molecule has 2 aromatic rings. The van der Waals surface area contributed by atoms with Crippen molar-refractivity contribution < 1.29 is 4.79 Å². The highest BCUT2D eigenvalue weighted by molar-refractivity contribution is 7.11. The van der Waals surface area contributed by atoms with Crippen LogP contribution in [0.25, 0.3) is 0 Å². The van der Waals surface area contributed by atoms with E-state index < -0.39 is 0 Å². The first-order chi connectivity index (χ1) is 10.1. The molecule has 1 unspecified atom stereocenters. The third kappa shape index (κ3) is 3.19. The number of carbonyl (C=O) groups is 1. The number of nitrogens with one attached hydrogen (secondary N) is 1. The lowest BCUT2D eigenvalue weighted by atomic mass is 10.2. The van der Waals surface area contributed by atoms with Gasteiger partial charge in [-0.1, -0.05) is 11.6 Å². The van der Waals surface area contributed by atoms with Crippen molar-refractivity contribution in [1.82, 2.24) is 10.3 Å². The normalized spacial score (nSPS) is 18.0. The molecule has 1 aliphatic rings. The first-order valence-electron chi connectivity index (χ1n) is 6.85. The second-order valence-electron chi connectivity index (χ2n) is 5.15. The highest BCUT2D eigenvalue weighted by atomic mass is 35.5. The van der Waals surface area contributed by atoms with Crippen LogP contribution in [0.15, 0.2) is 29.8 Å². The average molecular weight is 322 g/mol. The van der Waals surface area contributed by atoms with Crippen molar-refractivity contribution in [3.8, 4) is 0 Å². The van der Waals surface area contributed by atoms with Crippen LogP contribution >= 0.6 is 22.9 Å². The molecule has 6 heteroatoms. The van der Waals surface area contributed by atoms with Gasteiger partial charge in [0.1, 0.15) is 4.88 Å². The largest absolute Gasteiger partial charge is 0.369 e. The monoisotopic (exact) mass is 321 g/mol. The molecular weight excluding hydrogens is 306 g/mol. The van der Waals surface area contributed by atoms with E-state index in [2.05, 4.69) is 15.2 Å². The van der Waals surface area contributed by atoms with Gasteiger partial charge in [-0.25, -0.2) is 4.98 Å².